The summed E-state index contributed by atoms with van der Waals surface area (Å²) in [4.78, 5) is 31.3. The molecule has 1 atom stereocenters. The first-order valence-corrected chi connectivity index (χ1v) is 7.66. The standard InChI is InChI=1S/C15H14N4O3S/c1-7-11(12(16)23-19-7)15(21)22-8(2)13-17-10-6-4-3-5-9(10)14(20)18-13/h3-6,8H,16H2,1-2H3,(H,17,18,20)/t8-/m0/s1. The number of carbonyl (C=O) groups is 1. The Morgan fingerprint density at radius 1 is 1.39 bits per heavy atom. The molecular weight excluding hydrogens is 316 g/mol. The molecule has 0 fully saturated rings. The second kappa shape index (κ2) is 5.81. The van der Waals surface area contributed by atoms with Crippen LogP contribution in [0.15, 0.2) is 29.1 Å². The number of nitrogens with one attached hydrogen (secondary N) is 1. The summed E-state index contributed by atoms with van der Waals surface area (Å²) < 4.78 is 9.38. The highest BCUT2D eigenvalue weighted by atomic mass is 32.1. The van der Waals surface area contributed by atoms with Crippen molar-refractivity contribution in [1.82, 2.24) is 14.3 Å². The molecule has 0 aliphatic rings. The summed E-state index contributed by atoms with van der Waals surface area (Å²) in [5.74, 6) is -0.307. The number of benzene rings is 1. The SMILES string of the molecule is Cc1nsc(N)c1C(=O)O[C@@H](C)c1nc2ccccc2c(=O)[nH]1. The number of hydrogen-bond acceptors (Lipinski definition) is 7. The van der Waals surface area contributed by atoms with Crippen LogP contribution in [0.5, 0.6) is 0 Å². The Balaban J connectivity index is 1.90. The van der Waals surface area contributed by atoms with Crippen LogP contribution < -0.4 is 11.3 Å². The third-order valence-corrected chi connectivity index (χ3v) is 4.16. The molecule has 0 bridgehead atoms. The molecule has 3 aromatic rings. The summed E-state index contributed by atoms with van der Waals surface area (Å²) in [5, 5.41) is 0.788. The number of rotatable bonds is 3. The van der Waals surface area contributed by atoms with E-state index in [4.69, 9.17) is 10.5 Å². The maximum Gasteiger partial charge on any atom is 0.343 e. The fraction of sp³-hybridized carbons (Fsp3) is 0.200. The van der Waals surface area contributed by atoms with Crippen LogP contribution in [0.4, 0.5) is 5.00 Å². The van der Waals surface area contributed by atoms with Gasteiger partial charge in [-0.1, -0.05) is 12.1 Å². The molecule has 1 aromatic carbocycles. The normalized spacial score (nSPS) is 12.3. The van der Waals surface area contributed by atoms with E-state index in [-0.39, 0.29) is 16.9 Å². The molecule has 8 heteroatoms. The molecule has 3 rings (SSSR count). The maximum atomic E-state index is 12.2. The molecule has 0 spiro atoms. The first-order valence-electron chi connectivity index (χ1n) is 6.89. The van der Waals surface area contributed by atoms with Gasteiger partial charge in [0.05, 0.1) is 16.6 Å². The third kappa shape index (κ3) is 2.80. The molecule has 0 unspecified atom stereocenters. The van der Waals surface area contributed by atoms with Gasteiger partial charge in [-0.3, -0.25) is 4.79 Å². The number of anilines is 1. The van der Waals surface area contributed by atoms with Crippen LogP contribution in [-0.4, -0.2) is 20.3 Å². The number of aromatic nitrogens is 3. The highest BCUT2D eigenvalue weighted by molar-refractivity contribution is 7.10. The van der Waals surface area contributed by atoms with Gasteiger partial charge in [0.15, 0.2) is 11.9 Å². The van der Waals surface area contributed by atoms with Crippen molar-refractivity contribution in [3.63, 3.8) is 0 Å². The molecule has 0 aliphatic carbocycles. The van der Waals surface area contributed by atoms with Crippen molar-refractivity contribution in [2.75, 3.05) is 5.73 Å². The van der Waals surface area contributed by atoms with Gasteiger partial charge in [-0.25, -0.2) is 9.78 Å². The quantitative estimate of drug-likeness (QED) is 0.712. The molecule has 0 aliphatic heterocycles. The van der Waals surface area contributed by atoms with E-state index < -0.39 is 12.1 Å². The van der Waals surface area contributed by atoms with Crippen molar-refractivity contribution in [1.29, 1.82) is 0 Å². The zero-order valence-corrected chi connectivity index (χ0v) is 13.3. The molecular formula is C15H14N4O3S. The second-order valence-corrected chi connectivity index (χ2v) is 5.83. The van der Waals surface area contributed by atoms with Gasteiger partial charge in [-0.15, -0.1) is 0 Å². The van der Waals surface area contributed by atoms with E-state index >= 15 is 0 Å². The van der Waals surface area contributed by atoms with Crippen LogP contribution >= 0.6 is 11.5 Å². The van der Waals surface area contributed by atoms with E-state index in [2.05, 4.69) is 14.3 Å². The summed E-state index contributed by atoms with van der Waals surface area (Å²) >= 11 is 1.04. The molecule has 2 heterocycles. The average molecular weight is 330 g/mol. The Bertz CT molecular complexity index is 928. The summed E-state index contributed by atoms with van der Waals surface area (Å²) in [6, 6.07) is 6.96. The number of nitrogens with two attached hydrogens (primary N) is 1. The summed E-state index contributed by atoms with van der Waals surface area (Å²) in [7, 11) is 0. The second-order valence-electron chi connectivity index (χ2n) is 5.02. The number of para-hydroxylation sites is 1. The van der Waals surface area contributed by atoms with Crippen LogP contribution in [0.3, 0.4) is 0 Å². The smallest absolute Gasteiger partial charge is 0.343 e. The van der Waals surface area contributed by atoms with Gasteiger partial charge in [-0.05, 0) is 37.5 Å². The molecule has 2 aromatic heterocycles. The predicted molar refractivity (Wildman–Crippen MR) is 87.5 cm³/mol. The van der Waals surface area contributed by atoms with Crippen molar-refractivity contribution < 1.29 is 9.53 Å². The Labute approximate surface area is 135 Å². The van der Waals surface area contributed by atoms with Gasteiger partial charge in [0, 0.05) is 0 Å². The van der Waals surface area contributed by atoms with Crippen LogP contribution in [0, 0.1) is 6.92 Å². The largest absolute Gasteiger partial charge is 0.451 e. The average Bonchev–Trinajstić information content (AvgIpc) is 2.86. The fourth-order valence-corrected chi connectivity index (χ4v) is 2.86. The van der Waals surface area contributed by atoms with Crippen molar-refractivity contribution in [2.24, 2.45) is 0 Å². The highest BCUT2D eigenvalue weighted by Crippen LogP contribution is 2.24. The molecule has 0 saturated heterocycles. The summed E-state index contributed by atoms with van der Waals surface area (Å²) in [6.45, 7) is 3.32. The number of hydrogen-bond donors (Lipinski definition) is 2. The van der Waals surface area contributed by atoms with Crippen LogP contribution in [0.2, 0.25) is 0 Å². The first kappa shape index (κ1) is 15.2. The molecule has 0 saturated carbocycles. The number of nitrogens with zero attached hydrogens (tertiary/aromatic N) is 2. The first-order chi connectivity index (χ1) is 11.0. The number of fused-ring (bicyclic) bond motifs is 1. The third-order valence-electron chi connectivity index (χ3n) is 3.39. The Morgan fingerprint density at radius 2 is 2.13 bits per heavy atom. The van der Waals surface area contributed by atoms with Crippen molar-refractivity contribution in [2.45, 2.75) is 20.0 Å². The zero-order chi connectivity index (χ0) is 16.6. The van der Waals surface area contributed by atoms with Gasteiger partial charge in [-0.2, -0.15) is 4.37 Å². The van der Waals surface area contributed by atoms with Gasteiger partial charge < -0.3 is 15.5 Å². The lowest BCUT2D eigenvalue weighted by Gasteiger charge is -2.13. The molecule has 0 radical (unpaired) electrons. The number of aryl methyl sites for hydroxylation is 1. The molecule has 7 nitrogen and oxygen atoms in total. The number of aromatic amines is 1. The minimum absolute atomic E-state index is 0.255. The van der Waals surface area contributed by atoms with Gasteiger partial charge in [0.2, 0.25) is 0 Å². The van der Waals surface area contributed by atoms with Gasteiger partial charge >= 0.3 is 5.97 Å². The Kier molecular flexibility index (Phi) is 3.83. The lowest BCUT2D eigenvalue weighted by atomic mass is 10.2. The number of esters is 1. The van der Waals surface area contributed by atoms with E-state index in [0.29, 0.717) is 21.6 Å². The van der Waals surface area contributed by atoms with E-state index in [9.17, 15) is 9.59 Å². The number of ether oxygens (including phenoxy) is 1. The monoisotopic (exact) mass is 330 g/mol. The van der Waals surface area contributed by atoms with Gasteiger partial charge in [0.1, 0.15) is 10.6 Å². The van der Waals surface area contributed by atoms with E-state index in [0.717, 1.165) is 11.5 Å². The topological polar surface area (TPSA) is 111 Å². The van der Waals surface area contributed by atoms with Crippen molar-refractivity contribution >= 4 is 33.4 Å². The molecule has 0 amide bonds. The van der Waals surface area contributed by atoms with Crippen LogP contribution in [0.25, 0.3) is 10.9 Å². The number of nitrogen functional groups attached to an aromatic ring is 1. The highest BCUT2D eigenvalue weighted by Gasteiger charge is 2.22. The number of carbonyl (C=O) groups excluding carboxylic acids is 1. The zero-order valence-electron chi connectivity index (χ0n) is 12.5. The number of H-pyrrole nitrogens is 1. The Hall–Kier alpha value is -2.74. The van der Waals surface area contributed by atoms with Crippen molar-refractivity contribution in [3.8, 4) is 0 Å². The Morgan fingerprint density at radius 3 is 2.83 bits per heavy atom. The van der Waals surface area contributed by atoms with Gasteiger partial charge in [0.25, 0.3) is 5.56 Å². The van der Waals surface area contributed by atoms with E-state index in [1.807, 2.05) is 0 Å². The van der Waals surface area contributed by atoms with E-state index in [1.165, 1.54) is 0 Å². The molecule has 118 valence electrons. The predicted octanol–water partition coefficient (Wildman–Crippen LogP) is 2.19. The molecule has 23 heavy (non-hydrogen) atoms. The van der Waals surface area contributed by atoms with Crippen molar-refractivity contribution in [3.05, 3.63) is 51.7 Å². The minimum atomic E-state index is -0.724. The van der Waals surface area contributed by atoms with E-state index in [1.54, 1.807) is 38.1 Å². The van der Waals surface area contributed by atoms with Crippen LogP contribution in [-0.2, 0) is 4.74 Å². The molecule has 3 N–H and O–H groups in total. The lowest BCUT2D eigenvalue weighted by Crippen LogP contribution is -2.18. The summed E-state index contributed by atoms with van der Waals surface area (Å²) in [5.41, 5.74) is 6.78. The fourth-order valence-electron chi connectivity index (χ4n) is 2.21. The maximum absolute atomic E-state index is 12.2. The lowest BCUT2D eigenvalue weighted by molar-refractivity contribution is 0.0320. The minimum Gasteiger partial charge on any atom is -0.451 e. The summed E-state index contributed by atoms with van der Waals surface area (Å²) in [6.07, 6.45) is -0.724. The van der Waals surface area contributed by atoms with Crippen LogP contribution in [0.1, 0.15) is 34.9 Å².